The minimum Gasteiger partial charge on any atom is -0.455 e. The normalized spacial score (nSPS) is 12.8. The summed E-state index contributed by atoms with van der Waals surface area (Å²) in [4.78, 5) is 1.46. The van der Waals surface area contributed by atoms with Gasteiger partial charge in [-0.15, -0.1) is 11.3 Å². The fourth-order valence-electron chi connectivity index (χ4n) is 5.73. The molecule has 0 atom stereocenters. The molecule has 0 fully saturated rings. The van der Waals surface area contributed by atoms with E-state index in [1.54, 1.807) is 0 Å². The average Bonchev–Trinajstić information content (AvgIpc) is 3.19. The zero-order chi connectivity index (χ0) is 23.7. The van der Waals surface area contributed by atoms with Gasteiger partial charge in [-0.3, -0.25) is 0 Å². The third kappa shape index (κ3) is 3.17. The molecule has 3 heterocycles. The quantitative estimate of drug-likeness (QED) is 0.237. The van der Waals surface area contributed by atoms with Crippen LogP contribution in [0.4, 0.5) is 0 Å². The van der Waals surface area contributed by atoms with Crippen LogP contribution in [0.15, 0.2) is 48.7 Å². The molecule has 0 radical (unpaired) electrons. The molecule has 3 heteroatoms. The second-order valence-electron chi connectivity index (χ2n) is 10.7. The van der Waals surface area contributed by atoms with E-state index in [9.17, 15) is 0 Å². The first kappa shape index (κ1) is 21.6. The third-order valence-corrected chi connectivity index (χ3v) is 8.32. The number of rotatable bonds is 4. The van der Waals surface area contributed by atoms with Crippen LogP contribution >= 0.6 is 11.3 Å². The van der Waals surface area contributed by atoms with Crippen LogP contribution in [0.1, 0.15) is 43.7 Å². The average molecular weight is 467 g/mol. The molecule has 2 aromatic heterocycles. The van der Waals surface area contributed by atoms with Crippen molar-refractivity contribution in [3.63, 3.8) is 0 Å². The highest BCUT2D eigenvalue weighted by molar-refractivity contribution is 7.20. The summed E-state index contributed by atoms with van der Waals surface area (Å²) in [6.07, 6.45) is 4.35. The van der Waals surface area contributed by atoms with Crippen LogP contribution in [-0.4, -0.2) is 0 Å². The van der Waals surface area contributed by atoms with Gasteiger partial charge in [0.25, 0.3) is 0 Å². The summed E-state index contributed by atoms with van der Waals surface area (Å²) in [5, 5.41) is 6.51. The number of benzene rings is 3. The molecule has 0 unspecified atom stereocenters. The van der Waals surface area contributed by atoms with Gasteiger partial charge >= 0.3 is 0 Å². The molecule has 0 N–H and O–H groups in total. The van der Waals surface area contributed by atoms with E-state index < -0.39 is 0 Å². The molecule has 0 amide bonds. The molecule has 2 nitrogen and oxygen atoms in total. The lowest BCUT2D eigenvalue weighted by molar-refractivity contribution is -0.659. The van der Waals surface area contributed by atoms with E-state index >= 15 is 0 Å². The first-order valence-corrected chi connectivity index (χ1v) is 13.2. The lowest BCUT2D eigenvalue weighted by Gasteiger charge is -2.26. The van der Waals surface area contributed by atoms with Gasteiger partial charge in [0.05, 0.1) is 10.9 Å². The number of ether oxygens (including phenoxy) is 1. The third-order valence-electron chi connectivity index (χ3n) is 7.12. The topological polar surface area (TPSA) is 13.1 Å². The Morgan fingerprint density at radius 1 is 0.912 bits per heavy atom. The number of hydrogen-bond acceptors (Lipinski definition) is 2. The maximum atomic E-state index is 6.92. The monoisotopic (exact) mass is 466 g/mol. The highest BCUT2D eigenvalue weighted by Crippen LogP contribution is 2.52. The molecule has 0 saturated carbocycles. The first-order chi connectivity index (χ1) is 16.3. The predicted molar refractivity (Wildman–Crippen MR) is 145 cm³/mol. The van der Waals surface area contributed by atoms with Gasteiger partial charge < -0.3 is 4.74 Å². The van der Waals surface area contributed by atoms with Crippen LogP contribution in [0.25, 0.3) is 42.9 Å². The van der Waals surface area contributed by atoms with Crippen LogP contribution in [0.2, 0.25) is 0 Å². The molecule has 1 aliphatic heterocycles. The number of hydrogen-bond donors (Lipinski definition) is 0. The molecule has 0 bridgehead atoms. The molecule has 34 heavy (non-hydrogen) atoms. The van der Waals surface area contributed by atoms with E-state index in [0.29, 0.717) is 11.8 Å². The maximum absolute atomic E-state index is 6.92. The summed E-state index contributed by atoms with van der Waals surface area (Å²) in [6, 6.07) is 15.8. The molecule has 1 aliphatic rings. The molecule has 6 rings (SSSR count). The Bertz CT molecular complexity index is 1610. The van der Waals surface area contributed by atoms with Crippen molar-refractivity contribution in [2.24, 2.45) is 18.9 Å². The van der Waals surface area contributed by atoms with Gasteiger partial charge in [-0.2, -0.15) is 0 Å². The van der Waals surface area contributed by atoms with Gasteiger partial charge in [0.2, 0.25) is 5.69 Å². The SMILES string of the molecule is Cc1c2c(c(CC(C)C)c3ccccc13)Oc1cc3cc(CC(C)C)sc3c3cc[n+](C)c-2c13. The Balaban J connectivity index is 1.74. The van der Waals surface area contributed by atoms with Gasteiger partial charge in [-0.25, -0.2) is 4.57 Å². The van der Waals surface area contributed by atoms with Crippen molar-refractivity contribution in [3.05, 3.63) is 64.7 Å². The van der Waals surface area contributed by atoms with Crippen molar-refractivity contribution >= 4 is 43.0 Å². The summed E-state index contributed by atoms with van der Waals surface area (Å²) in [7, 11) is 2.17. The molecule has 5 aromatic rings. The maximum Gasteiger partial charge on any atom is 0.228 e. The number of thiophene rings is 1. The van der Waals surface area contributed by atoms with Crippen LogP contribution in [-0.2, 0) is 19.9 Å². The van der Waals surface area contributed by atoms with E-state index in [-0.39, 0.29) is 0 Å². The van der Waals surface area contributed by atoms with Gasteiger partial charge in [0, 0.05) is 26.6 Å². The van der Waals surface area contributed by atoms with E-state index in [0.717, 1.165) is 24.3 Å². The van der Waals surface area contributed by atoms with Gasteiger partial charge in [-0.1, -0.05) is 52.0 Å². The Morgan fingerprint density at radius 2 is 1.65 bits per heavy atom. The van der Waals surface area contributed by atoms with Crippen molar-refractivity contribution in [2.75, 3.05) is 0 Å². The molecule has 172 valence electrons. The smallest absolute Gasteiger partial charge is 0.228 e. The largest absolute Gasteiger partial charge is 0.455 e. The predicted octanol–water partition coefficient (Wildman–Crippen LogP) is 8.51. The van der Waals surface area contributed by atoms with Gasteiger partial charge in [0.1, 0.15) is 18.5 Å². The summed E-state index contributed by atoms with van der Waals surface area (Å²) < 4.78 is 10.6. The highest BCUT2D eigenvalue weighted by Gasteiger charge is 2.33. The molecule has 0 saturated heterocycles. The summed E-state index contributed by atoms with van der Waals surface area (Å²) in [5.74, 6) is 3.24. The van der Waals surface area contributed by atoms with Crippen LogP contribution < -0.4 is 9.30 Å². The van der Waals surface area contributed by atoms with E-state index in [2.05, 4.69) is 94.9 Å². The van der Waals surface area contributed by atoms with Crippen molar-refractivity contribution in [2.45, 2.75) is 47.5 Å². The van der Waals surface area contributed by atoms with Crippen LogP contribution in [0.5, 0.6) is 11.5 Å². The zero-order valence-corrected chi connectivity index (χ0v) is 21.8. The summed E-state index contributed by atoms with van der Waals surface area (Å²) in [5.41, 5.74) is 5.18. The van der Waals surface area contributed by atoms with Crippen LogP contribution in [0.3, 0.4) is 0 Å². The number of nitrogens with zero attached hydrogens (tertiary/aromatic N) is 1. The molecule has 0 spiro atoms. The Morgan fingerprint density at radius 3 is 2.38 bits per heavy atom. The zero-order valence-electron chi connectivity index (χ0n) is 21.0. The Hall–Kier alpha value is -2.91. The van der Waals surface area contributed by atoms with E-state index in [4.69, 9.17) is 4.74 Å². The second kappa shape index (κ2) is 7.81. The summed E-state index contributed by atoms with van der Waals surface area (Å²) in [6.45, 7) is 11.4. The molecular weight excluding hydrogens is 434 g/mol. The number of fused-ring (bicyclic) bond motifs is 5. The minimum absolute atomic E-state index is 0.544. The van der Waals surface area contributed by atoms with E-state index in [1.165, 1.54) is 58.9 Å². The minimum atomic E-state index is 0.544. The lowest BCUT2D eigenvalue weighted by Crippen LogP contribution is -2.32. The fourth-order valence-corrected chi connectivity index (χ4v) is 7.11. The number of aryl methyl sites for hydroxylation is 2. The van der Waals surface area contributed by atoms with Crippen LogP contribution in [0, 0.1) is 18.8 Å². The standard InChI is InChI=1S/C31H32NOS/c1-17(2)13-21-15-20-16-26-28-24(31(20)34-21)11-12-32(6)29(28)27-19(5)22-9-7-8-10-23(22)25(14-18(3)4)30(27)33-26/h7-12,15-18H,13-14H2,1-6H3/q+1. The Labute approximate surface area is 205 Å². The van der Waals surface area contributed by atoms with Crippen molar-refractivity contribution in [3.8, 4) is 22.8 Å². The molecule has 0 aliphatic carbocycles. The molecule has 3 aromatic carbocycles. The number of aromatic nitrogens is 1. The van der Waals surface area contributed by atoms with Gasteiger partial charge in [-0.05, 0) is 65.5 Å². The van der Waals surface area contributed by atoms with Gasteiger partial charge in [0.15, 0.2) is 6.20 Å². The van der Waals surface area contributed by atoms with Crippen molar-refractivity contribution in [1.29, 1.82) is 0 Å². The first-order valence-electron chi connectivity index (χ1n) is 12.4. The highest BCUT2D eigenvalue weighted by atomic mass is 32.1. The molecular formula is C31H32NOS+. The van der Waals surface area contributed by atoms with E-state index in [1.807, 2.05) is 11.3 Å². The Kier molecular flexibility index (Phi) is 4.97. The van der Waals surface area contributed by atoms with Crippen molar-refractivity contribution in [1.82, 2.24) is 0 Å². The fraction of sp³-hybridized carbons (Fsp3) is 0.323. The van der Waals surface area contributed by atoms with Crippen molar-refractivity contribution < 1.29 is 9.30 Å². The second-order valence-corrected chi connectivity index (χ2v) is 11.9. The summed E-state index contributed by atoms with van der Waals surface area (Å²) >= 11 is 1.95. The lowest BCUT2D eigenvalue weighted by atomic mass is 9.86. The number of pyridine rings is 1.